The zero-order valence-corrected chi connectivity index (χ0v) is 8.26. The van der Waals surface area contributed by atoms with Gasteiger partial charge in [-0.1, -0.05) is 0 Å². The number of rotatable bonds is 4. The molecule has 1 heterocycles. The Labute approximate surface area is 79.9 Å². The van der Waals surface area contributed by atoms with Gasteiger partial charge in [0.2, 0.25) is 0 Å². The Hall–Kier alpha value is -1.11. The van der Waals surface area contributed by atoms with Crippen LogP contribution in [-0.4, -0.2) is 44.6 Å². The molecule has 0 aliphatic heterocycles. The Morgan fingerprint density at radius 3 is 3.08 bits per heavy atom. The van der Waals surface area contributed by atoms with E-state index in [0.717, 1.165) is 5.75 Å². The lowest BCUT2D eigenvalue weighted by atomic mass is 10.4. The molecule has 0 radical (unpaired) electrons. The fourth-order valence-corrected chi connectivity index (χ4v) is 1.42. The molecular formula is C6H11N5OS. The summed E-state index contributed by atoms with van der Waals surface area (Å²) >= 11 is 1.67. The van der Waals surface area contributed by atoms with Crippen molar-refractivity contribution < 1.29 is 4.79 Å². The van der Waals surface area contributed by atoms with E-state index in [2.05, 4.69) is 25.9 Å². The van der Waals surface area contributed by atoms with Gasteiger partial charge in [0.25, 0.3) is 11.7 Å². The minimum Gasteiger partial charge on any atom is -0.346 e. The molecule has 1 unspecified atom stereocenters. The maximum absolute atomic E-state index is 11.3. The van der Waals surface area contributed by atoms with Crippen molar-refractivity contribution in [3.05, 3.63) is 5.82 Å². The molecule has 0 saturated carbocycles. The predicted molar refractivity (Wildman–Crippen MR) is 49.5 cm³/mol. The average molecular weight is 201 g/mol. The van der Waals surface area contributed by atoms with Crippen LogP contribution in [0.3, 0.4) is 0 Å². The number of aromatic nitrogens is 4. The van der Waals surface area contributed by atoms with Crippen LogP contribution >= 0.6 is 11.8 Å². The first-order valence-electron chi connectivity index (χ1n) is 3.77. The van der Waals surface area contributed by atoms with Crippen LogP contribution in [0.5, 0.6) is 0 Å². The van der Waals surface area contributed by atoms with E-state index < -0.39 is 0 Å². The van der Waals surface area contributed by atoms with Crippen molar-refractivity contribution in [2.75, 3.05) is 12.0 Å². The van der Waals surface area contributed by atoms with Crippen LogP contribution in [0, 0.1) is 0 Å². The standard InChI is InChI=1S/C6H11N5OS/c1-4(3-13-2)7-6(12)5-8-10-11-9-5/h4H,3H2,1-2H3,(H,7,12)(H,8,9,10,11). The summed E-state index contributed by atoms with van der Waals surface area (Å²) in [4.78, 5) is 11.3. The largest absolute Gasteiger partial charge is 0.346 e. The summed E-state index contributed by atoms with van der Waals surface area (Å²) in [5.41, 5.74) is 0. The van der Waals surface area contributed by atoms with Crippen LogP contribution < -0.4 is 5.32 Å². The summed E-state index contributed by atoms with van der Waals surface area (Å²) in [6.45, 7) is 1.93. The molecule has 0 fully saturated rings. The molecule has 1 atom stereocenters. The van der Waals surface area contributed by atoms with E-state index in [0.29, 0.717) is 0 Å². The van der Waals surface area contributed by atoms with Gasteiger partial charge in [-0.05, 0) is 18.4 Å². The summed E-state index contributed by atoms with van der Waals surface area (Å²) in [5.74, 6) is 0.645. The van der Waals surface area contributed by atoms with Gasteiger partial charge in [-0.3, -0.25) is 4.79 Å². The molecule has 1 rings (SSSR count). The van der Waals surface area contributed by atoms with Gasteiger partial charge in [0.1, 0.15) is 0 Å². The fraction of sp³-hybridized carbons (Fsp3) is 0.667. The summed E-state index contributed by atoms with van der Waals surface area (Å²) in [6.07, 6.45) is 1.98. The molecule has 0 aliphatic carbocycles. The zero-order chi connectivity index (χ0) is 9.68. The topological polar surface area (TPSA) is 83.6 Å². The van der Waals surface area contributed by atoms with Gasteiger partial charge in [0, 0.05) is 11.8 Å². The van der Waals surface area contributed by atoms with Gasteiger partial charge in [-0.2, -0.15) is 17.0 Å². The first kappa shape index (κ1) is 9.97. The van der Waals surface area contributed by atoms with Crippen LogP contribution in [0.4, 0.5) is 0 Å². The normalized spacial score (nSPS) is 12.5. The Kier molecular flexibility index (Phi) is 3.69. The molecule has 6 nitrogen and oxygen atoms in total. The highest BCUT2D eigenvalue weighted by Gasteiger charge is 2.12. The van der Waals surface area contributed by atoms with E-state index in [-0.39, 0.29) is 17.8 Å². The van der Waals surface area contributed by atoms with Crippen LogP contribution in [0.15, 0.2) is 0 Å². The van der Waals surface area contributed by atoms with Crippen molar-refractivity contribution in [3.8, 4) is 0 Å². The first-order valence-corrected chi connectivity index (χ1v) is 5.16. The Morgan fingerprint density at radius 1 is 1.77 bits per heavy atom. The molecule has 0 aromatic carbocycles. The number of hydrogen-bond acceptors (Lipinski definition) is 5. The highest BCUT2D eigenvalue weighted by molar-refractivity contribution is 7.98. The lowest BCUT2D eigenvalue weighted by Crippen LogP contribution is -2.34. The van der Waals surface area contributed by atoms with Gasteiger partial charge < -0.3 is 5.32 Å². The SMILES string of the molecule is CSCC(C)NC(=O)c1nn[nH]n1. The van der Waals surface area contributed by atoms with E-state index in [4.69, 9.17) is 0 Å². The van der Waals surface area contributed by atoms with E-state index in [1.807, 2.05) is 13.2 Å². The number of nitrogens with zero attached hydrogens (tertiary/aromatic N) is 3. The molecule has 0 saturated heterocycles. The second-order valence-corrected chi connectivity index (χ2v) is 3.48. The third-order valence-corrected chi connectivity index (χ3v) is 2.18. The predicted octanol–water partition coefficient (Wildman–Crippen LogP) is -0.319. The molecule has 0 spiro atoms. The molecule has 7 heteroatoms. The first-order chi connectivity index (χ1) is 6.24. The molecule has 2 N–H and O–H groups in total. The van der Waals surface area contributed by atoms with Crippen molar-refractivity contribution in [1.29, 1.82) is 0 Å². The fourth-order valence-electron chi connectivity index (χ4n) is 0.838. The highest BCUT2D eigenvalue weighted by Crippen LogP contribution is 1.96. The van der Waals surface area contributed by atoms with Crippen LogP contribution in [0.2, 0.25) is 0 Å². The van der Waals surface area contributed by atoms with Crippen LogP contribution in [0.1, 0.15) is 17.5 Å². The summed E-state index contributed by atoms with van der Waals surface area (Å²) in [5, 5.41) is 15.4. The number of H-pyrrole nitrogens is 1. The number of carbonyl (C=O) groups excluding carboxylic acids is 1. The number of nitrogens with one attached hydrogen (secondary N) is 2. The van der Waals surface area contributed by atoms with E-state index in [9.17, 15) is 4.79 Å². The minimum absolute atomic E-state index is 0.0768. The van der Waals surface area contributed by atoms with Gasteiger partial charge in [0.05, 0.1) is 0 Å². The highest BCUT2D eigenvalue weighted by atomic mass is 32.2. The van der Waals surface area contributed by atoms with Crippen LogP contribution in [0.25, 0.3) is 0 Å². The Balaban J connectivity index is 2.42. The van der Waals surface area contributed by atoms with Crippen molar-refractivity contribution in [2.45, 2.75) is 13.0 Å². The minimum atomic E-state index is -0.296. The Bertz CT molecular complexity index is 262. The van der Waals surface area contributed by atoms with Crippen molar-refractivity contribution in [3.63, 3.8) is 0 Å². The summed E-state index contributed by atoms with van der Waals surface area (Å²) in [6, 6.07) is 0.112. The number of amides is 1. The van der Waals surface area contributed by atoms with Gasteiger partial charge in [-0.25, -0.2) is 0 Å². The smallest absolute Gasteiger partial charge is 0.293 e. The maximum Gasteiger partial charge on any atom is 0.293 e. The van der Waals surface area contributed by atoms with E-state index in [1.54, 1.807) is 11.8 Å². The molecule has 72 valence electrons. The molecule has 13 heavy (non-hydrogen) atoms. The molecular weight excluding hydrogens is 190 g/mol. The second-order valence-electron chi connectivity index (χ2n) is 2.57. The van der Waals surface area contributed by atoms with E-state index >= 15 is 0 Å². The Morgan fingerprint density at radius 2 is 2.54 bits per heavy atom. The molecule has 0 aliphatic rings. The lowest BCUT2D eigenvalue weighted by molar-refractivity contribution is 0.0933. The van der Waals surface area contributed by atoms with E-state index in [1.165, 1.54) is 0 Å². The zero-order valence-electron chi connectivity index (χ0n) is 7.44. The molecule has 1 aromatic rings. The van der Waals surface area contributed by atoms with Crippen molar-refractivity contribution in [1.82, 2.24) is 25.9 Å². The summed E-state index contributed by atoms with van der Waals surface area (Å²) < 4.78 is 0. The third-order valence-electron chi connectivity index (χ3n) is 1.34. The lowest BCUT2D eigenvalue weighted by Gasteiger charge is -2.09. The quantitative estimate of drug-likeness (QED) is 0.697. The number of hydrogen-bond donors (Lipinski definition) is 2. The van der Waals surface area contributed by atoms with Gasteiger partial charge in [0.15, 0.2) is 0 Å². The number of thioether (sulfide) groups is 1. The van der Waals surface area contributed by atoms with Crippen molar-refractivity contribution in [2.24, 2.45) is 0 Å². The van der Waals surface area contributed by atoms with Gasteiger partial charge in [-0.15, -0.1) is 10.2 Å². The third kappa shape index (κ3) is 3.02. The summed E-state index contributed by atoms with van der Waals surface area (Å²) in [7, 11) is 0. The number of aromatic amines is 1. The average Bonchev–Trinajstić information content (AvgIpc) is 2.55. The maximum atomic E-state index is 11.3. The van der Waals surface area contributed by atoms with Crippen molar-refractivity contribution >= 4 is 17.7 Å². The molecule has 1 aromatic heterocycles. The second kappa shape index (κ2) is 4.80. The van der Waals surface area contributed by atoms with Crippen LogP contribution in [-0.2, 0) is 0 Å². The van der Waals surface area contributed by atoms with Gasteiger partial charge >= 0.3 is 0 Å². The number of carbonyl (C=O) groups is 1. The monoisotopic (exact) mass is 201 g/mol. The number of tetrazole rings is 1. The molecule has 1 amide bonds. The molecule has 0 bridgehead atoms.